The monoisotopic (exact) mass is 436 g/mol. The number of esters is 1. The maximum absolute atomic E-state index is 12.2. The first-order valence-electron chi connectivity index (χ1n) is 11.0. The van der Waals surface area contributed by atoms with Gasteiger partial charge in [-0.1, -0.05) is 12.5 Å². The number of aromatic nitrogens is 1. The summed E-state index contributed by atoms with van der Waals surface area (Å²) < 4.78 is 10.4. The Morgan fingerprint density at radius 3 is 2.94 bits per heavy atom. The number of benzene rings is 1. The Balaban J connectivity index is 1.78. The fourth-order valence-electron chi connectivity index (χ4n) is 4.58. The molecule has 32 heavy (non-hydrogen) atoms. The lowest BCUT2D eigenvalue weighted by Gasteiger charge is -2.36. The maximum atomic E-state index is 12.2. The number of pyridine rings is 1. The quantitative estimate of drug-likeness (QED) is 0.460. The number of rotatable bonds is 6. The van der Waals surface area contributed by atoms with E-state index in [0.717, 1.165) is 42.3 Å². The topological polar surface area (TPSA) is 92.9 Å². The van der Waals surface area contributed by atoms with Gasteiger partial charge in [0.05, 0.1) is 12.7 Å². The van der Waals surface area contributed by atoms with Gasteiger partial charge in [-0.25, -0.2) is 4.79 Å². The number of hydrogen-bond acceptors (Lipinski definition) is 7. The molecule has 3 aromatic rings. The Bertz CT molecular complexity index is 1170. The number of carbonyl (C=O) groups is 1. The molecule has 1 aliphatic heterocycles. The van der Waals surface area contributed by atoms with Gasteiger partial charge < -0.3 is 14.3 Å². The Hall–Kier alpha value is -3.19. The van der Waals surface area contributed by atoms with Crippen molar-refractivity contribution in [1.82, 2.24) is 9.88 Å². The third kappa shape index (κ3) is 4.53. The molecular formula is C25H28N2O5. The van der Waals surface area contributed by atoms with E-state index in [1.54, 1.807) is 6.20 Å². The molecular weight excluding hydrogens is 408 g/mol. The van der Waals surface area contributed by atoms with Gasteiger partial charge in [0.2, 0.25) is 0 Å². The Morgan fingerprint density at radius 2 is 2.19 bits per heavy atom. The van der Waals surface area contributed by atoms with E-state index < -0.39 is 5.63 Å². The summed E-state index contributed by atoms with van der Waals surface area (Å²) in [6.07, 6.45) is 7.32. The van der Waals surface area contributed by atoms with Gasteiger partial charge in [0, 0.05) is 42.9 Å². The molecule has 2 aromatic heterocycles. The average Bonchev–Trinajstić information content (AvgIpc) is 2.80. The van der Waals surface area contributed by atoms with Crippen LogP contribution in [0.4, 0.5) is 0 Å². The number of phenolic OH excluding ortho intramolecular Hbond substituents is 1. The minimum absolute atomic E-state index is 0.0747. The smallest absolute Gasteiger partial charge is 0.336 e. The van der Waals surface area contributed by atoms with E-state index in [2.05, 4.69) is 16.0 Å². The van der Waals surface area contributed by atoms with Crippen LogP contribution in [0.15, 0.2) is 45.9 Å². The number of fused-ring (bicyclic) bond motifs is 1. The molecule has 1 atom stereocenters. The number of methoxy groups -OCH3 is 1. The zero-order valence-electron chi connectivity index (χ0n) is 18.5. The van der Waals surface area contributed by atoms with Crippen LogP contribution in [-0.2, 0) is 22.5 Å². The Morgan fingerprint density at radius 1 is 1.34 bits per heavy atom. The summed E-state index contributed by atoms with van der Waals surface area (Å²) in [7, 11) is 1.35. The van der Waals surface area contributed by atoms with Crippen LogP contribution in [0, 0.1) is 6.92 Å². The van der Waals surface area contributed by atoms with Crippen molar-refractivity contribution in [3.05, 3.63) is 69.3 Å². The highest BCUT2D eigenvalue weighted by Gasteiger charge is 2.27. The summed E-state index contributed by atoms with van der Waals surface area (Å²) in [6, 6.07) is 7.44. The van der Waals surface area contributed by atoms with Crippen LogP contribution in [0.5, 0.6) is 5.75 Å². The molecule has 1 aliphatic rings. The van der Waals surface area contributed by atoms with Crippen molar-refractivity contribution < 1.29 is 19.1 Å². The Kier molecular flexibility index (Phi) is 6.55. The summed E-state index contributed by atoms with van der Waals surface area (Å²) in [5.41, 5.74) is 3.10. The highest BCUT2D eigenvalue weighted by atomic mass is 16.5. The molecule has 0 bridgehead atoms. The number of hydrogen-bond donors (Lipinski definition) is 1. The number of nitrogens with zero attached hydrogens (tertiary/aromatic N) is 2. The largest absolute Gasteiger partial charge is 0.507 e. The number of phenols is 1. The summed E-state index contributed by atoms with van der Waals surface area (Å²) in [4.78, 5) is 30.4. The predicted molar refractivity (Wildman–Crippen MR) is 120 cm³/mol. The molecule has 0 radical (unpaired) electrons. The van der Waals surface area contributed by atoms with E-state index in [1.807, 2.05) is 25.3 Å². The van der Waals surface area contributed by atoms with Crippen molar-refractivity contribution in [2.75, 3.05) is 13.7 Å². The first-order chi connectivity index (χ1) is 15.5. The van der Waals surface area contributed by atoms with Crippen molar-refractivity contribution in [3.8, 4) is 5.75 Å². The average molecular weight is 437 g/mol. The van der Waals surface area contributed by atoms with E-state index in [4.69, 9.17) is 9.15 Å². The molecule has 0 aliphatic carbocycles. The molecule has 1 aromatic carbocycles. The van der Waals surface area contributed by atoms with E-state index in [0.29, 0.717) is 29.7 Å². The molecule has 7 heteroatoms. The molecule has 1 N–H and O–H groups in total. The third-order valence-corrected chi connectivity index (χ3v) is 6.26. The molecule has 3 heterocycles. The fourth-order valence-corrected chi connectivity index (χ4v) is 4.58. The summed E-state index contributed by atoms with van der Waals surface area (Å²) in [5, 5.41) is 12.0. The Labute approximate surface area is 186 Å². The van der Waals surface area contributed by atoms with Crippen LogP contribution in [0.1, 0.15) is 54.0 Å². The number of ether oxygens (including phenoxy) is 1. The zero-order valence-corrected chi connectivity index (χ0v) is 18.5. The van der Waals surface area contributed by atoms with E-state index in [9.17, 15) is 14.7 Å². The lowest BCUT2D eigenvalue weighted by molar-refractivity contribution is -0.140. The van der Waals surface area contributed by atoms with Crippen LogP contribution >= 0.6 is 0 Å². The van der Waals surface area contributed by atoms with Crippen molar-refractivity contribution in [2.45, 2.75) is 51.6 Å². The fraction of sp³-hybridized carbons (Fsp3) is 0.400. The second kappa shape index (κ2) is 9.53. The second-order valence-corrected chi connectivity index (χ2v) is 8.33. The van der Waals surface area contributed by atoms with E-state index >= 15 is 0 Å². The summed E-state index contributed by atoms with van der Waals surface area (Å²) >= 11 is 0. The number of aromatic hydroxyl groups is 1. The molecule has 4 rings (SSSR count). The van der Waals surface area contributed by atoms with Crippen LogP contribution in [0.2, 0.25) is 0 Å². The molecule has 0 saturated carbocycles. The summed E-state index contributed by atoms with van der Waals surface area (Å²) in [5.74, 6) is -0.263. The van der Waals surface area contributed by atoms with Crippen LogP contribution in [0.25, 0.3) is 11.0 Å². The van der Waals surface area contributed by atoms with Gasteiger partial charge in [0.25, 0.3) is 0 Å². The van der Waals surface area contributed by atoms with Crippen LogP contribution in [0.3, 0.4) is 0 Å². The molecule has 7 nitrogen and oxygen atoms in total. The van der Waals surface area contributed by atoms with Gasteiger partial charge in [-0.3, -0.25) is 14.7 Å². The molecule has 1 saturated heterocycles. The number of aryl methyl sites for hydroxylation is 2. The van der Waals surface area contributed by atoms with Crippen molar-refractivity contribution in [3.63, 3.8) is 0 Å². The SMILES string of the molecule is COC(=O)CCc1cc2c(C)cc(=O)oc2c(CN2CCCC[C@H]2c2cccnc2)c1O. The summed E-state index contributed by atoms with van der Waals surface area (Å²) in [6.45, 7) is 3.15. The number of likely N-dealkylation sites (tertiary alicyclic amines) is 1. The lowest BCUT2D eigenvalue weighted by Crippen LogP contribution is -2.33. The van der Waals surface area contributed by atoms with Crippen molar-refractivity contribution >= 4 is 16.9 Å². The highest BCUT2D eigenvalue weighted by Crippen LogP contribution is 2.38. The van der Waals surface area contributed by atoms with Gasteiger partial charge in [0.15, 0.2) is 0 Å². The molecule has 0 spiro atoms. The van der Waals surface area contributed by atoms with Gasteiger partial charge in [-0.15, -0.1) is 0 Å². The normalized spacial score (nSPS) is 16.9. The highest BCUT2D eigenvalue weighted by molar-refractivity contribution is 5.86. The van der Waals surface area contributed by atoms with Crippen LogP contribution < -0.4 is 5.63 Å². The van der Waals surface area contributed by atoms with Gasteiger partial charge >= 0.3 is 11.6 Å². The van der Waals surface area contributed by atoms with Crippen LogP contribution in [-0.4, -0.2) is 34.6 Å². The molecule has 168 valence electrons. The first kappa shape index (κ1) is 22.0. The van der Waals surface area contributed by atoms with E-state index in [1.165, 1.54) is 13.2 Å². The predicted octanol–water partition coefficient (Wildman–Crippen LogP) is 4.03. The first-order valence-corrected chi connectivity index (χ1v) is 11.0. The standard InChI is InChI=1S/C25H28N2O5/c1-16-12-23(29)32-25-19(16)13-17(8-9-22(28)31-2)24(30)20(25)15-27-11-4-3-7-21(27)18-6-5-10-26-14-18/h5-6,10,12-14,21,30H,3-4,7-9,11,15H2,1-2H3/t21-/m0/s1. The minimum atomic E-state index is -0.444. The molecule has 0 unspecified atom stereocenters. The minimum Gasteiger partial charge on any atom is -0.507 e. The van der Waals surface area contributed by atoms with Crippen molar-refractivity contribution in [2.24, 2.45) is 0 Å². The third-order valence-electron chi connectivity index (χ3n) is 6.26. The van der Waals surface area contributed by atoms with Gasteiger partial charge in [-0.2, -0.15) is 0 Å². The lowest BCUT2D eigenvalue weighted by atomic mass is 9.94. The zero-order chi connectivity index (χ0) is 22.7. The van der Waals surface area contributed by atoms with E-state index in [-0.39, 0.29) is 24.2 Å². The van der Waals surface area contributed by atoms with Gasteiger partial charge in [0.1, 0.15) is 11.3 Å². The van der Waals surface area contributed by atoms with Gasteiger partial charge in [-0.05, 0) is 61.6 Å². The van der Waals surface area contributed by atoms with Crippen molar-refractivity contribution in [1.29, 1.82) is 0 Å². The maximum Gasteiger partial charge on any atom is 0.336 e. The molecule has 1 fully saturated rings. The second-order valence-electron chi connectivity index (χ2n) is 8.33. The molecule has 0 amide bonds. The number of carbonyl (C=O) groups excluding carboxylic acids is 1. The number of piperidine rings is 1.